The molecule has 0 radical (unpaired) electrons. The first-order valence-corrected chi connectivity index (χ1v) is 10.9. The van der Waals surface area contributed by atoms with Gasteiger partial charge in [-0.15, -0.1) is 0 Å². The van der Waals surface area contributed by atoms with Gasteiger partial charge in [-0.05, 0) is 74.5 Å². The van der Waals surface area contributed by atoms with Crippen LogP contribution in [0.5, 0.6) is 0 Å². The fourth-order valence-corrected chi connectivity index (χ4v) is 3.92. The van der Waals surface area contributed by atoms with E-state index < -0.39 is 0 Å². The number of benzene rings is 2. The highest BCUT2D eigenvalue weighted by molar-refractivity contribution is 6.30. The lowest BCUT2D eigenvalue weighted by molar-refractivity contribution is 0.0985. The summed E-state index contributed by atoms with van der Waals surface area (Å²) in [7, 11) is 4.11. The highest BCUT2D eigenvalue weighted by Gasteiger charge is 2.24. The number of pyridine rings is 1. The summed E-state index contributed by atoms with van der Waals surface area (Å²) in [6.45, 7) is 1.63. The third kappa shape index (κ3) is 5.04. The Hall–Kier alpha value is -2.95. The van der Waals surface area contributed by atoms with Crippen molar-refractivity contribution in [3.05, 3.63) is 88.6 Å². The maximum absolute atomic E-state index is 13.2. The molecule has 4 nitrogen and oxygen atoms in total. The second-order valence-corrected chi connectivity index (χ2v) is 8.49. The van der Waals surface area contributed by atoms with E-state index in [1.165, 1.54) is 11.1 Å². The first kappa shape index (κ1) is 21.3. The van der Waals surface area contributed by atoms with Crippen LogP contribution in [0.1, 0.15) is 27.9 Å². The molecule has 0 unspecified atom stereocenters. The van der Waals surface area contributed by atoms with Gasteiger partial charge in [-0.25, -0.2) is 0 Å². The Morgan fingerprint density at radius 2 is 1.94 bits per heavy atom. The predicted octanol–water partition coefficient (Wildman–Crippen LogP) is 5.57. The summed E-state index contributed by atoms with van der Waals surface area (Å²) in [6, 6.07) is 17.6. The zero-order valence-electron chi connectivity index (χ0n) is 17.9. The van der Waals surface area contributed by atoms with Gasteiger partial charge in [-0.2, -0.15) is 0 Å². The molecule has 1 aromatic heterocycles. The Balaban J connectivity index is 1.53. The van der Waals surface area contributed by atoms with Crippen LogP contribution >= 0.6 is 11.6 Å². The molecule has 0 bridgehead atoms. The number of nitrogens with zero attached hydrogens (tertiary/aromatic N) is 3. The van der Waals surface area contributed by atoms with Gasteiger partial charge in [0.1, 0.15) is 0 Å². The lowest BCUT2D eigenvalue weighted by Crippen LogP contribution is -2.35. The number of anilines is 1. The Morgan fingerprint density at radius 3 is 2.65 bits per heavy atom. The Kier molecular flexibility index (Phi) is 6.50. The predicted molar refractivity (Wildman–Crippen MR) is 129 cm³/mol. The molecule has 0 atom stereocenters. The topological polar surface area (TPSA) is 36.4 Å². The number of likely N-dealkylation sites (N-methyl/N-ethyl adjacent to an activating group) is 1. The van der Waals surface area contributed by atoms with Gasteiger partial charge >= 0.3 is 0 Å². The number of carbonyl (C=O) groups excluding carboxylic acids is 1. The molecule has 31 heavy (non-hydrogen) atoms. The zero-order valence-corrected chi connectivity index (χ0v) is 18.6. The van der Waals surface area contributed by atoms with Crippen molar-refractivity contribution in [2.75, 3.05) is 32.1 Å². The van der Waals surface area contributed by atoms with Crippen LogP contribution in [0.25, 0.3) is 17.3 Å². The van der Waals surface area contributed by atoms with E-state index in [2.05, 4.69) is 54.3 Å². The van der Waals surface area contributed by atoms with Crippen LogP contribution in [0.4, 0.5) is 5.69 Å². The molecule has 2 aromatic carbocycles. The second-order valence-electron chi connectivity index (χ2n) is 8.05. The smallest absolute Gasteiger partial charge is 0.259 e. The third-order valence-corrected chi connectivity index (χ3v) is 5.65. The minimum Gasteiger partial charge on any atom is -0.308 e. The summed E-state index contributed by atoms with van der Waals surface area (Å²) in [5.41, 5.74) is 5.78. The molecule has 0 saturated carbocycles. The van der Waals surface area contributed by atoms with Gasteiger partial charge in [-0.3, -0.25) is 9.78 Å². The van der Waals surface area contributed by atoms with Crippen LogP contribution in [0.15, 0.2) is 66.9 Å². The van der Waals surface area contributed by atoms with Crippen LogP contribution in [0, 0.1) is 0 Å². The summed E-state index contributed by atoms with van der Waals surface area (Å²) < 4.78 is 0. The molecule has 2 heterocycles. The third-order valence-electron chi connectivity index (χ3n) is 5.40. The van der Waals surface area contributed by atoms with Crippen molar-refractivity contribution in [2.24, 2.45) is 0 Å². The first-order valence-electron chi connectivity index (χ1n) is 10.5. The van der Waals surface area contributed by atoms with Crippen LogP contribution in [-0.2, 0) is 6.42 Å². The summed E-state index contributed by atoms with van der Waals surface area (Å²) in [6.07, 6.45) is 7.91. The van der Waals surface area contributed by atoms with Crippen LogP contribution in [0.3, 0.4) is 0 Å². The van der Waals surface area contributed by atoms with Crippen LogP contribution in [0.2, 0.25) is 5.02 Å². The highest BCUT2D eigenvalue weighted by Crippen LogP contribution is 2.30. The Bertz CT molecular complexity index is 1090. The van der Waals surface area contributed by atoms with Crippen LogP contribution < -0.4 is 4.90 Å². The van der Waals surface area contributed by atoms with Gasteiger partial charge < -0.3 is 9.80 Å². The molecular formula is C26H26ClN3O. The molecule has 0 N–H and O–H groups in total. The molecular weight excluding hydrogens is 406 g/mol. The van der Waals surface area contributed by atoms with Gasteiger partial charge in [-0.1, -0.05) is 42.0 Å². The van der Waals surface area contributed by atoms with Crippen molar-refractivity contribution in [1.82, 2.24) is 9.88 Å². The normalized spacial score (nSPS) is 13.6. The van der Waals surface area contributed by atoms with Crippen molar-refractivity contribution >= 4 is 29.3 Å². The molecule has 0 saturated heterocycles. The molecule has 3 aromatic rings. The van der Waals surface area contributed by atoms with E-state index in [9.17, 15) is 4.79 Å². The number of amides is 1. The first-order chi connectivity index (χ1) is 15.0. The Labute approximate surface area is 188 Å². The van der Waals surface area contributed by atoms with E-state index in [1.54, 1.807) is 6.20 Å². The van der Waals surface area contributed by atoms with E-state index >= 15 is 0 Å². The van der Waals surface area contributed by atoms with Crippen molar-refractivity contribution in [2.45, 2.75) is 12.8 Å². The molecule has 0 aliphatic carbocycles. The average molecular weight is 432 g/mol. The fourth-order valence-electron chi connectivity index (χ4n) is 3.80. The molecule has 1 aliphatic rings. The molecule has 0 fully saturated rings. The summed E-state index contributed by atoms with van der Waals surface area (Å²) in [4.78, 5) is 21.8. The molecule has 5 heteroatoms. The summed E-state index contributed by atoms with van der Waals surface area (Å²) in [5.74, 6) is -0.00740. The van der Waals surface area contributed by atoms with E-state index in [1.807, 2.05) is 41.3 Å². The lowest BCUT2D eigenvalue weighted by atomic mass is 9.98. The van der Waals surface area contributed by atoms with Gasteiger partial charge in [0, 0.05) is 35.6 Å². The maximum Gasteiger partial charge on any atom is 0.259 e. The molecule has 1 aliphatic heterocycles. The summed E-state index contributed by atoms with van der Waals surface area (Å²) in [5, 5.41) is 0.690. The number of fused-ring (bicyclic) bond motifs is 1. The quantitative estimate of drug-likeness (QED) is 0.529. The minimum atomic E-state index is -0.00740. The van der Waals surface area contributed by atoms with Gasteiger partial charge in [0.15, 0.2) is 0 Å². The Morgan fingerprint density at radius 1 is 1.13 bits per heavy atom. The van der Waals surface area contributed by atoms with E-state index in [4.69, 9.17) is 11.6 Å². The number of hydrogen-bond acceptors (Lipinski definition) is 3. The largest absolute Gasteiger partial charge is 0.308 e. The lowest BCUT2D eigenvalue weighted by Gasteiger charge is -2.30. The van der Waals surface area contributed by atoms with Gasteiger partial charge in [0.25, 0.3) is 5.91 Å². The summed E-state index contributed by atoms with van der Waals surface area (Å²) >= 11 is 5.96. The van der Waals surface area contributed by atoms with E-state index in [0.717, 1.165) is 42.9 Å². The van der Waals surface area contributed by atoms with Crippen LogP contribution in [-0.4, -0.2) is 43.0 Å². The molecule has 158 valence electrons. The van der Waals surface area contributed by atoms with Gasteiger partial charge in [0.05, 0.1) is 11.3 Å². The standard InChI is InChI=1S/C26H26ClN3O/c1-29(2)15-3-5-19-7-14-25-21(17-19)6-4-16-30(25)26(31)22-10-13-24(28-18-22)20-8-11-23(27)12-9-20/h3,5,7-14,17-18H,4,6,15-16H2,1-2H3/b5-3+. The molecule has 0 spiro atoms. The van der Waals surface area contributed by atoms with Crippen molar-refractivity contribution in [1.29, 1.82) is 0 Å². The highest BCUT2D eigenvalue weighted by atomic mass is 35.5. The monoisotopic (exact) mass is 431 g/mol. The number of carbonyl (C=O) groups is 1. The number of halogens is 1. The van der Waals surface area contributed by atoms with Gasteiger partial charge in [0.2, 0.25) is 0 Å². The van der Waals surface area contributed by atoms with Crippen molar-refractivity contribution in [3.8, 4) is 11.3 Å². The SMILES string of the molecule is CN(C)C/C=C/c1ccc2c(c1)CCCN2C(=O)c1ccc(-c2ccc(Cl)cc2)nc1. The number of hydrogen-bond donors (Lipinski definition) is 0. The number of aryl methyl sites for hydroxylation is 1. The van der Waals surface area contributed by atoms with E-state index in [-0.39, 0.29) is 5.91 Å². The second kappa shape index (κ2) is 9.46. The minimum absolute atomic E-state index is 0.00740. The fraction of sp³-hybridized carbons (Fsp3) is 0.231. The molecule has 1 amide bonds. The average Bonchev–Trinajstić information content (AvgIpc) is 2.78. The number of aromatic nitrogens is 1. The van der Waals surface area contributed by atoms with Crippen molar-refractivity contribution < 1.29 is 4.79 Å². The van der Waals surface area contributed by atoms with Crippen molar-refractivity contribution in [3.63, 3.8) is 0 Å². The number of rotatable bonds is 5. The maximum atomic E-state index is 13.2. The van der Waals surface area contributed by atoms with E-state index in [0.29, 0.717) is 10.6 Å². The molecule has 4 rings (SSSR count). The zero-order chi connectivity index (χ0) is 21.8.